The summed E-state index contributed by atoms with van der Waals surface area (Å²) in [5.74, 6) is -0.553. The number of rotatable bonds is 3. The standard InChI is InChI=1S/C16H12ClN3O3/c1-10-19-20(16(22)23-10)14-8-2-11(3-9-14)15(21)18-13-6-4-12(17)5-7-13/h2-9H,1H3,(H,18,21). The topological polar surface area (TPSA) is 77.1 Å². The Kier molecular flexibility index (Phi) is 3.99. The molecule has 3 rings (SSSR count). The molecule has 0 saturated heterocycles. The first kappa shape index (κ1) is 15.1. The quantitative estimate of drug-likeness (QED) is 0.801. The van der Waals surface area contributed by atoms with Crippen LogP contribution >= 0.6 is 11.6 Å². The molecule has 0 atom stereocenters. The van der Waals surface area contributed by atoms with E-state index in [9.17, 15) is 9.59 Å². The van der Waals surface area contributed by atoms with Gasteiger partial charge in [0.25, 0.3) is 5.91 Å². The Balaban J connectivity index is 1.79. The lowest BCUT2D eigenvalue weighted by Gasteiger charge is -2.06. The molecule has 1 heterocycles. The van der Waals surface area contributed by atoms with E-state index in [-0.39, 0.29) is 11.8 Å². The molecular formula is C16H12ClN3O3. The third kappa shape index (κ3) is 3.32. The second-order valence-corrected chi connectivity index (χ2v) is 5.24. The third-order valence-corrected chi connectivity index (χ3v) is 3.38. The second-order valence-electron chi connectivity index (χ2n) is 4.81. The first-order valence-corrected chi connectivity index (χ1v) is 7.15. The normalized spacial score (nSPS) is 10.5. The maximum Gasteiger partial charge on any atom is 0.441 e. The fourth-order valence-electron chi connectivity index (χ4n) is 2.03. The van der Waals surface area contributed by atoms with Crippen LogP contribution in [0.25, 0.3) is 5.69 Å². The van der Waals surface area contributed by atoms with E-state index in [2.05, 4.69) is 10.4 Å². The zero-order valence-corrected chi connectivity index (χ0v) is 12.9. The minimum absolute atomic E-state index is 0.262. The molecule has 1 aromatic heterocycles. The van der Waals surface area contributed by atoms with Crippen molar-refractivity contribution in [2.24, 2.45) is 0 Å². The SMILES string of the molecule is Cc1nn(-c2ccc(C(=O)Nc3ccc(Cl)cc3)cc2)c(=O)o1. The van der Waals surface area contributed by atoms with Crippen LogP contribution in [-0.4, -0.2) is 15.7 Å². The fourth-order valence-corrected chi connectivity index (χ4v) is 2.15. The third-order valence-electron chi connectivity index (χ3n) is 3.12. The number of benzene rings is 2. The molecule has 7 heteroatoms. The van der Waals surface area contributed by atoms with Gasteiger partial charge in [-0.3, -0.25) is 4.79 Å². The molecule has 3 aromatic rings. The van der Waals surface area contributed by atoms with Gasteiger partial charge in [0.05, 0.1) is 5.69 Å². The Morgan fingerprint density at radius 2 is 1.78 bits per heavy atom. The van der Waals surface area contributed by atoms with Crippen LogP contribution in [-0.2, 0) is 0 Å². The highest BCUT2D eigenvalue weighted by Crippen LogP contribution is 2.15. The van der Waals surface area contributed by atoms with Crippen molar-refractivity contribution >= 4 is 23.2 Å². The van der Waals surface area contributed by atoms with E-state index in [1.54, 1.807) is 55.5 Å². The van der Waals surface area contributed by atoms with E-state index in [0.717, 1.165) is 4.68 Å². The molecule has 0 radical (unpaired) electrons. The van der Waals surface area contributed by atoms with Gasteiger partial charge in [-0.25, -0.2) is 4.79 Å². The Hall–Kier alpha value is -2.86. The maximum absolute atomic E-state index is 12.2. The molecule has 0 fully saturated rings. The number of anilines is 1. The van der Waals surface area contributed by atoms with Crippen molar-refractivity contribution in [2.45, 2.75) is 6.92 Å². The van der Waals surface area contributed by atoms with Crippen molar-refractivity contribution in [3.63, 3.8) is 0 Å². The molecule has 0 spiro atoms. The maximum atomic E-state index is 12.2. The summed E-state index contributed by atoms with van der Waals surface area (Å²) in [6.07, 6.45) is 0. The molecule has 0 aliphatic carbocycles. The molecule has 1 N–H and O–H groups in total. The van der Waals surface area contributed by atoms with Gasteiger partial charge >= 0.3 is 5.76 Å². The van der Waals surface area contributed by atoms with Crippen LogP contribution in [0.1, 0.15) is 16.2 Å². The average Bonchev–Trinajstić information content (AvgIpc) is 2.88. The highest BCUT2D eigenvalue weighted by molar-refractivity contribution is 6.30. The van der Waals surface area contributed by atoms with Crippen LogP contribution in [0.3, 0.4) is 0 Å². The number of aryl methyl sites for hydroxylation is 1. The summed E-state index contributed by atoms with van der Waals surface area (Å²) < 4.78 is 5.98. The first-order valence-electron chi connectivity index (χ1n) is 6.77. The average molecular weight is 330 g/mol. The number of hydrogen-bond acceptors (Lipinski definition) is 4. The van der Waals surface area contributed by atoms with E-state index >= 15 is 0 Å². The highest BCUT2D eigenvalue weighted by Gasteiger charge is 2.09. The highest BCUT2D eigenvalue weighted by atomic mass is 35.5. The second kappa shape index (κ2) is 6.10. The van der Waals surface area contributed by atoms with E-state index < -0.39 is 5.76 Å². The van der Waals surface area contributed by atoms with Gasteiger partial charge in [-0.05, 0) is 48.5 Å². The van der Waals surface area contributed by atoms with Crippen LogP contribution < -0.4 is 11.1 Å². The van der Waals surface area contributed by atoms with Gasteiger partial charge < -0.3 is 9.73 Å². The number of halogens is 1. The van der Waals surface area contributed by atoms with Crippen LogP contribution in [0.15, 0.2) is 57.7 Å². The number of hydrogen-bond donors (Lipinski definition) is 1. The van der Waals surface area contributed by atoms with E-state index in [1.165, 1.54) is 0 Å². The number of nitrogens with one attached hydrogen (secondary N) is 1. The Bertz CT molecular complexity index is 896. The van der Waals surface area contributed by atoms with Gasteiger partial charge in [0.2, 0.25) is 5.89 Å². The first-order chi connectivity index (χ1) is 11.0. The minimum atomic E-state index is -0.569. The predicted octanol–water partition coefficient (Wildman–Crippen LogP) is 3.04. The lowest BCUT2D eigenvalue weighted by Crippen LogP contribution is -2.15. The van der Waals surface area contributed by atoms with Gasteiger partial charge in [-0.15, -0.1) is 5.10 Å². The van der Waals surface area contributed by atoms with Crippen LogP contribution in [0.4, 0.5) is 5.69 Å². The van der Waals surface area contributed by atoms with Crippen molar-refractivity contribution < 1.29 is 9.21 Å². The largest absolute Gasteiger partial charge is 0.441 e. The van der Waals surface area contributed by atoms with Gasteiger partial charge in [0.15, 0.2) is 0 Å². The summed E-state index contributed by atoms with van der Waals surface area (Å²) in [5.41, 5.74) is 1.62. The summed E-state index contributed by atoms with van der Waals surface area (Å²) in [4.78, 5) is 23.7. The van der Waals surface area contributed by atoms with Crippen molar-refractivity contribution in [3.8, 4) is 5.69 Å². The predicted molar refractivity (Wildman–Crippen MR) is 86.2 cm³/mol. The molecule has 1 amide bonds. The number of aromatic nitrogens is 2. The van der Waals surface area contributed by atoms with E-state index in [4.69, 9.17) is 16.0 Å². The Morgan fingerprint density at radius 1 is 1.13 bits per heavy atom. The van der Waals surface area contributed by atoms with Gasteiger partial charge in [0.1, 0.15) is 0 Å². The van der Waals surface area contributed by atoms with Crippen molar-refractivity contribution in [1.82, 2.24) is 9.78 Å². The molecular weight excluding hydrogens is 318 g/mol. The Morgan fingerprint density at radius 3 is 2.35 bits per heavy atom. The monoisotopic (exact) mass is 329 g/mol. The molecule has 0 bridgehead atoms. The lowest BCUT2D eigenvalue weighted by molar-refractivity contribution is 0.102. The van der Waals surface area contributed by atoms with Crippen LogP contribution in [0.2, 0.25) is 5.02 Å². The summed E-state index contributed by atoms with van der Waals surface area (Å²) in [6, 6.07) is 13.3. The van der Waals surface area contributed by atoms with Crippen LogP contribution in [0.5, 0.6) is 0 Å². The molecule has 116 valence electrons. The minimum Gasteiger partial charge on any atom is -0.392 e. The van der Waals surface area contributed by atoms with Crippen LogP contribution in [0, 0.1) is 6.92 Å². The van der Waals surface area contributed by atoms with Crippen molar-refractivity contribution in [2.75, 3.05) is 5.32 Å². The summed E-state index contributed by atoms with van der Waals surface area (Å²) >= 11 is 5.80. The molecule has 0 aliphatic heterocycles. The Labute approximate surface area is 136 Å². The molecule has 0 saturated carbocycles. The summed E-state index contributed by atoms with van der Waals surface area (Å²) in [6.45, 7) is 1.59. The molecule has 0 unspecified atom stereocenters. The molecule has 0 aliphatic rings. The lowest BCUT2D eigenvalue weighted by atomic mass is 10.2. The van der Waals surface area contributed by atoms with Crippen molar-refractivity contribution in [1.29, 1.82) is 0 Å². The van der Waals surface area contributed by atoms with Crippen molar-refractivity contribution in [3.05, 3.63) is 75.6 Å². The summed E-state index contributed by atoms with van der Waals surface area (Å²) in [7, 11) is 0. The smallest absolute Gasteiger partial charge is 0.392 e. The molecule has 23 heavy (non-hydrogen) atoms. The van der Waals surface area contributed by atoms with Gasteiger partial charge in [-0.1, -0.05) is 11.6 Å². The molecule has 2 aromatic carbocycles. The van der Waals surface area contributed by atoms with E-state index in [0.29, 0.717) is 22.0 Å². The van der Waals surface area contributed by atoms with Gasteiger partial charge in [0, 0.05) is 23.2 Å². The van der Waals surface area contributed by atoms with E-state index in [1.807, 2.05) is 0 Å². The van der Waals surface area contributed by atoms with Gasteiger partial charge in [-0.2, -0.15) is 4.68 Å². The number of amides is 1. The number of carbonyl (C=O) groups excluding carboxylic acids is 1. The number of carbonyl (C=O) groups is 1. The fraction of sp³-hybridized carbons (Fsp3) is 0.0625. The number of nitrogens with zero attached hydrogens (tertiary/aromatic N) is 2. The molecule has 6 nitrogen and oxygen atoms in total. The zero-order valence-electron chi connectivity index (χ0n) is 12.1. The zero-order chi connectivity index (χ0) is 16.4. The summed E-state index contributed by atoms with van der Waals surface area (Å²) in [5, 5.41) is 7.31.